The first-order chi connectivity index (χ1) is 4.41. The van der Waals surface area contributed by atoms with Crippen molar-refractivity contribution in [3.63, 3.8) is 0 Å². The first-order valence-electron chi connectivity index (χ1n) is 3.76. The molecule has 8 heavy (non-hydrogen) atoms. The fourth-order valence-electron chi connectivity index (χ4n) is 0.623. The zero-order valence-electron chi connectivity index (χ0n) is 6.32. The third-order valence-electron chi connectivity index (χ3n) is 1.13. The average Bonchev–Trinajstić information content (AvgIpc) is 1.89. The second-order valence-electron chi connectivity index (χ2n) is 1.95. The van der Waals surface area contributed by atoms with E-state index in [0.717, 1.165) is 25.9 Å². The summed E-state index contributed by atoms with van der Waals surface area (Å²) in [4.78, 5) is 0. The van der Waals surface area contributed by atoms with Crippen molar-refractivity contribution in [2.24, 2.45) is 11.5 Å². The molecule has 0 radical (unpaired) electrons. The molecule has 0 aromatic heterocycles. The Morgan fingerprint density at radius 2 is 1.62 bits per heavy atom. The number of hydrogen-bond donors (Lipinski definition) is 2. The van der Waals surface area contributed by atoms with Gasteiger partial charge in [0, 0.05) is 0 Å². The molecule has 2 nitrogen and oxygen atoms in total. The summed E-state index contributed by atoms with van der Waals surface area (Å²) in [5.41, 5.74) is 7.65. The summed E-state index contributed by atoms with van der Waals surface area (Å²) in [7, 11) is 0. The summed E-state index contributed by atoms with van der Waals surface area (Å²) < 4.78 is 6.61. The molecule has 0 fully saturated rings. The molecule has 0 amide bonds. The summed E-state index contributed by atoms with van der Waals surface area (Å²) in [6, 6.07) is 0. The molecular weight excluding hydrogens is 100 g/mol. The number of nitrogens with two attached hydrogens (primary N) is 2. The molecule has 0 atom stereocenters. The molecule has 2 heteroatoms. The summed E-state index contributed by atoms with van der Waals surface area (Å²) in [6.45, 7) is 1.61. The van der Waals surface area contributed by atoms with E-state index in [1.807, 2.05) is 0 Å². The topological polar surface area (TPSA) is 52.0 Å². The van der Waals surface area contributed by atoms with Gasteiger partial charge in [-0.05, 0) is 25.9 Å². The lowest BCUT2D eigenvalue weighted by Gasteiger charge is -1.94. The van der Waals surface area contributed by atoms with Gasteiger partial charge in [-0.3, -0.25) is 0 Å². The van der Waals surface area contributed by atoms with Gasteiger partial charge in [-0.15, -0.1) is 0 Å². The average molecular weight is 117 g/mol. The molecule has 0 spiro atoms. The van der Waals surface area contributed by atoms with E-state index < -0.39 is 0 Å². The Morgan fingerprint density at radius 1 is 1.00 bits per heavy atom. The summed E-state index contributed by atoms with van der Waals surface area (Å²) >= 11 is 0. The van der Waals surface area contributed by atoms with E-state index >= 15 is 0 Å². The maximum absolute atomic E-state index is 6.61. The van der Waals surface area contributed by atoms with E-state index in [1.165, 1.54) is 12.8 Å². The van der Waals surface area contributed by atoms with Gasteiger partial charge in [0.15, 0.2) is 0 Å². The highest BCUT2D eigenvalue weighted by molar-refractivity contribution is 4.43. The van der Waals surface area contributed by atoms with E-state index in [0.29, 0.717) is 0 Å². The predicted molar refractivity (Wildman–Crippen MR) is 36.6 cm³/mol. The van der Waals surface area contributed by atoms with Crippen LogP contribution in [0.5, 0.6) is 0 Å². The van der Waals surface area contributed by atoms with Crippen LogP contribution in [-0.2, 0) is 0 Å². The highest BCUT2D eigenvalue weighted by atomic mass is 14.5. The lowest BCUT2D eigenvalue weighted by atomic mass is 10.2. The Balaban J connectivity index is 2.60. The fraction of sp³-hybridized carbons (Fsp3) is 1.00. The first kappa shape index (κ1) is 6.05. The zero-order chi connectivity index (χ0) is 6.95. The van der Waals surface area contributed by atoms with Crippen molar-refractivity contribution in [2.75, 3.05) is 13.1 Å². The van der Waals surface area contributed by atoms with Gasteiger partial charge in [0.2, 0.25) is 0 Å². The molecule has 0 aliphatic heterocycles. The molecule has 0 unspecified atom stereocenters. The largest absolute Gasteiger partial charge is 0.330 e. The molecule has 0 rings (SSSR count). The van der Waals surface area contributed by atoms with Crippen LogP contribution in [0, 0.1) is 0 Å². The van der Waals surface area contributed by atoms with E-state index in [1.54, 1.807) is 0 Å². The van der Waals surface area contributed by atoms with Crippen LogP contribution in [0.3, 0.4) is 0 Å². The van der Waals surface area contributed by atoms with Crippen LogP contribution < -0.4 is 11.5 Å². The van der Waals surface area contributed by atoms with Crippen LogP contribution in [0.25, 0.3) is 0 Å². The van der Waals surface area contributed by atoms with Crippen molar-refractivity contribution in [3.8, 4) is 0 Å². The van der Waals surface area contributed by atoms with Crippen LogP contribution in [0.15, 0.2) is 0 Å². The molecule has 50 valence electrons. The SMILES string of the molecule is [2H]NCCCCCCN. The van der Waals surface area contributed by atoms with Gasteiger partial charge >= 0.3 is 0 Å². The van der Waals surface area contributed by atoms with Gasteiger partial charge in [0.05, 0.1) is 0 Å². The summed E-state index contributed by atoms with van der Waals surface area (Å²) in [6.07, 6.45) is 4.63. The second-order valence-corrected chi connectivity index (χ2v) is 1.95. The third kappa shape index (κ3) is 5.92. The highest BCUT2D eigenvalue weighted by Crippen LogP contribution is 1.95. The van der Waals surface area contributed by atoms with Gasteiger partial charge in [0.1, 0.15) is 1.41 Å². The van der Waals surface area contributed by atoms with Crippen molar-refractivity contribution in [1.29, 1.82) is 0 Å². The number of unbranched alkanes of at least 4 members (excludes halogenated alkanes) is 3. The maximum Gasteiger partial charge on any atom is 0.118 e. The van der Waals surface area contributed by atoms with E-state index in [2.05, 4.69) is 5.73 Å². The fourth-order valence-corrected chi connectivity index (χ4v) is 0.623. The smallest absolute Gasteiger partial charge is 0.118 e. The van der Waals surface area contributed by atoms with Crippen LogP contribution in [0.4, 0.5) is 0 Å². The normalized spacial score (nSPS) is 11.4. The van der Waals surface area contributed by atoms with Gasteiger partial charge < -0.3 is 11.5 Å². The van der Waals surface area contributed by atoms with Crippen LogP contribution in [0.1, 0.15) is 25.7 Å². The van der Waals surface area contributed by atoms with Crippen molar-refractivity contribution < 1.29 is 1.41 Å². The van der Waals surface area contributed by atoms with Gasteiger partial charge in [-0.25, -0.2) is 0 Å². The molecule has 0 aliphatic carbocycles. The first-order valence-corrected chi connectivity index (χ1v) is 3.26. The lowest BCUT2D eigenvalue weighted by Crippen LogP contribution is -2.00. The van der Waals surface area contributed by atoms with Crippen molar-refractivity contribution in [3.05, 3.63) is 0 Å². The standard InChI is InChI=1S/C6H16N2/c7-5-3-1-2-4-6-8/h1-8H2/i/hD. The van der Waals surface area contributed by atoms with Crippen molar-refractivity contribution in [2.45, 2.75) is 25.7 Å². The predicted octanol–water partition coefficient (Wildman–Crippen LogP) is 0.464. The Hall–Kier alpha value is -0.0800. The van der Waals surface area contributed by atoms with Crippen molar-refractivity contribution in [1.82, 2.24) is 0 Å². The Kier molecular flexibility index (Phi) is 5.23. The lowest BCUT2D eigenvalue weighted by molar-refractivity contribution is 0.653. The van der Waals surface area contributed by atoms with Crippen LogP contribution in [-0.4, -0.2) is 13.1 Å². The molecular formula is C6H16N2. The number of hydrogen-bond acceptors (Lipinski definition) is 2. The van der Waals surface area contributed by atoms with Gasteiger partial charge in [-0.2, -0.15) is 0 Å². The summed E-state index contributed by atoms with van der Waals surface area (Å²) in [5, 5.41) is 0. The maximum atomic E-state index is 6.61. The molecule has 0 saturated carbocycles. The number of rotatable bonds is 6. The van der Waals surface area contributed by atoms with E-state index in [4.69, 9.17) is 7.15 Å². The quantitative estimate of drug-likeness (QED) is 0.497. The molecule has 0 heterocycles. The molecule has 0 aliphatic rings. The molecule has 0 aromatic rings. The minimum atomic E-state index is 0.800. The molecule has 0 aromatic carbocycles. The van der Waals surface area contributed by atoms with E-state index in [9.17, 15) is 0 Å². The minimum Gasteiger partial charge on any atom is -0.330 e. The van der Waals surface area contributed by atoms with E-state index in [-0.39, 0.29) is 0 Å². The molecule has 4 N–H and O–H groups in total. The molecule has 0 saturated heterocycles. The third-order valence-corrected chi connectivity index (χ3v) is 1.13. The zero-order valence-corrected chi connectivity index (χ0v) is 5.32. The van der Waals surface area contributed by atoms with Crippen LogP contribution in [0.2, 0.25) is 1.41 Å². The summed E-state index contributed by atoms with van der Waals surface area (Å²) in [5.74, 6) is 0. The van der Waals surface area contributed by atoms with Gasteiger partial charge in [0.25, 0.3) is 0 Å². The van der Waals surface area contributed by atoms with Crippen molar-refractivity contribution >= 4 is 0 Å². The molecule has 0 bridgehead atoms. The van der Waals surface area contributed by atoms with Crippen LogP contribution >= 0.6 is 0 Å². The second kappa shape index (κ2) is 6.92. The Morgan fingerprint density at radius 3 is 2.12 bits per heavy atom. The Labute approximate surface area is 52.7 Å². The minimum absolute atomic E-state index is 0.800. The monoisotopic (exact) mass is 117 g/mol. The highest BCUT2D eigenvalue weighted by Gasteiger charge is 1.83. The Bertz CT molecular complexity index is 44.3. The van der Waals surface area contributed by atoms with Gasteiger partial charge in [-0.1, -0.05) is 12.8 Å².